The van der Waals surface area contributed by atoms with E-state index in [0.29, 0.717) is 11.4 Å². The van der Waals surface area contributed by atoms with Gasteiger partial charge in [-0.2, -0.15) is 5.10 Å². The molecule has 0 aliphatic carbocycles. The van der Waals surface area contributed by atoms with Crippen molar-refractivity contribution in [3.63, 3.8) is 0 Å². The molecule has 0 saturated heterocycles. The Labute approximate surface area is 205 Å². The van der Waals surface area contributed by atoms with Crippen LogP contribution < -0.4 is 0 Å². The van der Waals surface area contributed by atoms with Crippen LogP contribution in [0.4, 0.5) is 0 Å². The second-order valence-electron chi connectivity index (χ2n) is 7.77. The molecule has 0 spiro atoms. The Balaban J connectivity index is 1.67. The summed E-state index contributed by atoms with van der Waals surface area (Å²) in [5.41, 5.74) is 5.21. The Morgan fingerprint density at radius 1 is 1.00 bits per heavy atom. The SMILES string of the molecule is O=C(O)CC/C(=C/c1cn(-c2ccccc2)nc1-c1cccc(Cl)c1)c1nc2ccccc2s1. The molecule has 2 aromatic heterocycles. The van der Waals surface area contributed by atoms with Crippen molar-refractivity contribution in [3.8, 4) is 16.9 Å². The molecule has 0 amide bonds. The van der Waals surface area contributed by atoms with Crippen molar-refractivity contribution >= 4 is 50.8 Å². The van der Waals surface area contributed by atoms with Gasteiger partial charge in [-0.1, -0.05) is 54.1 Å². The van der Waals surface area contributed by atoms with E-state index >= 15 is 0 Å². The number of benzene rings is 3. The highest BCUT2D eigenvalue weighted by Crippen LogP contribution is 2.34. The summed E-state index contributed by atoms with van der Waals surface area (Å²) in [5, 5.41) is 15.6. The lowest BCUT2D eigenvalue weighted by Crippen LogP contribution is -1.95. The van der Waals surface area contributed by atoms with Crippen LogP contribution in [0, 0.1) is 0 Å². The lowest BCUT2D eigenvalue weighted by atomic mass is 10.0. The maximum absolute atomic E-state index is 11.4. The zero-order valence-corrected chi connectivity index (χ0v) is 19.6. The van der Waals surface area contributed by atoms with Crippen LogP contribution in [0.15, 0.2) is 85.1 Å². The Hall–Kier alpha value is -3.74. The van der Waals surface area contributed by atoms with E-state index in [4.69, 9.17) is 21.7 Å². The Morgan fingerprint density at radius 3 is 2.56 bits per heavy atom. The van der Waals surface area contributed by atoms with E-state index in [1.54, 1.807) is 11.3 Å². The number of carboxylic acid groups (broad SMARTS) is 1. The van der Waals surface area contributed by atoms with Gasteiger partial charge in [-0.3, -0.25) is 4.79 Å². The fourth-order valence-corrected chi connectivity index (χ4v) is 4.95. The molecule has 5 nitrogen and oxygen atoms in total. The van der Waals surface area contributed by atoms with E-state index < -0.39 is 5.97 Å². The van der Waals surface area contributed by atoms with Crippen molar-refractivity contribution in [2.24, 2.45) is 0 Å². The predicted octanol–water partition coefficient (Wildman–Crippen LogP) is 7.21. The summed E-state index contributed by atoms with van der Waals surface area (Å²) in [6.07, 6.45) is 4.34. The van der Waals surface area contributed by atoms with Crippen LogP contribution in [0.25, 0.3) is 38.8 Å². The monoisotopic (exact) mass is 485 g/mol. The number of fused-ring (bicyclic) bond motifs is 1. The summed E-state index contributed by atoms with van der Waals surface area (Å²) in [7, 11) is 0. The van der Waals surface area contributed by atoms with E-state index in [0.717, 1.165) is 43.3 Å². The molecule has 2 heterocycles. The highest BCUT2D eigenvalue weighted by atomic mass is 35.5. The molecular formula is C27H20ClN3O2S. The lowest BCUT2D eigenvalue weighted by Gasteiger charge is -2.04. The Kier molecular flexibility index (Phi) is 6.25. The van der Waals surface area contributed by atoms with Crippen LogP contribution in [0.5, 0.6) is 0 Å². The Morgan fingerprint density at radius 2 is 1.79 bits per heavy atom. The number of halogens is 1. The summed E-state index contributed by atoms with van der Waals surface area (Å²) in [5.74, 6) is -0.845. The van der Waals surface area contributed by atoms with E-state index in [9.17, 15) is 9.90 Å². The molecule has 0 fully saturated rings. The summed E-state index contributed by atoms with van der Waals surface area (Å²) in [6, 6.07) is 25.4. The molecule has 5 rings (SSSR count). The zero-order valence-electron chi connectivity index (χ0n) is 18.1. The second-order valence-corrected chi connectivity index (χ2v) is 9.24. The van der Waals surface area contributed by atoms with Gasteiger partial charge in [-0.05, 0) is 54.5 Å². The lowest BCUT2D eigenvalue weighted by molar-refractivity contribution is -0.136. The number of hydrogen-bond acceptors (Lipinski definition) is 4. The third kappa shape index (κ3) is 4.78. The number of allylic oxidation sites excluding steroid dienone is 1. The first-order chi connectivity index (χ1) is 16.6. The summed E-state index contributed by atoms with van der Waals surface area (Å²) in [6.45, 7) is 0. The van der Waals surface area contributed by atoms with Gasteiger partial charge < -0.3 is 5.11 Å². The molecule has 3 aromatic carbocycles. The maximum Gasteiger partial charge on any atom is 0.303 e. The van der Waals surface area contributed by atoms with Crippen LogP contribution in [0.2, 0.25) is 5.02 Å². The van der Waals surface area contributed by atoms with Crippen molar-refractivity contribution in [2.45, 2.75) is 12.8 Å². The third-order valence-electron chi connectivity index (χ3n) is 5.37. The van der Waals surface area contributed by atoms with Gasteiger partial charge in [0.25, 0.3) is 0 Å². The molecule has 0 aliphatic rings. The summed E-state index contributed by atoms with van der Waals surface area (Å²) < 4.78 is 2.89. The van der Waals surface area contributed by atoms with Crippen LogP contribution in [0.3, 0.4) is 0 Å². The molecule has 1 N–H and O–H groups in total. The minimum Gasteiger partial charge on any atom is -0.481 e. The standard InChI is InChI=1S/C27H20ClN3O2S/c28-21-8-6-7-18(16-21)26-20(17-31(30-26)22-9-2-1-3-10-22)15-19(13-14-25(32)33)27-29-23-11-4-5-12-24(23)34-27/h1-12,15-17H,13-14H2,(H,32,33)/b19-15-. The number of nitrogens with zero attached hydrogens (tertiary/aromatic N) is 3. The second kappa shape index (κ2) is 9.63. The first-order valence-electron chi connectivity index (χ1n) is 10.8. The van der Waals surface area contributed by atoms with Gasteiger partial charge in [0.2, 0.25) is 0 Å². The van der Waals surface area contributed by atoms with Crippen LogP contribution in [0.1, 0.15) is 23.4 Å². The Bertz CT molecular complexity index is 1470. The van der Waals surface area contributed by atoms with Gasteiger partial charge in [-0.15, -0.1) is 11.3 Å². The molecule has 7 heteroatoms. The van der Waals surface area contributed by atoms with Crippen molar-refractivity contribution in [1.29, 1.82) is 0 Å². The number of carboxylic acids is 1. The fraction of sp³-hybridized carbons (Fsp3) is 0.0741. The van der Waals surface area contributed by atoms with Gasteiger partial charge in [0.05, 0.1) is 15.9 Å². The van der Waals surface area contributed by atoms with Gasteiger partial charge in [-0.25, -0.2) is 9.67 Å². The van der Waals surface area contributed by atoms with E-state index in [1.807, 2.05) is 95.8 Å². The number of rotatable bonds is 7. The topological polar surface area (TPSA) is 68.0 Å². The number of hydrogen-bond donors (Lipinski definition) is 1. The molecule has 0 saturated carbocycles. The first-order valence-corrected chi connectivity index (χ1v) is 12.0. The largest absolute Gasteiger partial charge is 0.481 e. The number of aromatic nitrogens is 3. The average molecular weight is 486 g/mol. The number of aliphatic carboxylic acids is 1. The highest BCUT2D eigenvalue weighted by molar-refractivity contribution is 7.19. The van der Waals surface area contributed by atoms with Crippen molar-refractivity contribution in [2.75, 3.05) is 0 Å². The number of thiazole rings is 1. The van der Waals surface area contributed by atoms with Crippen molar-refractivity contribution in [3.05, 3.63) is 101 Å². The molecule has 0 aliphatic heterocycles. The molecular weight excluding hydrogens is 466 g/mol. The summed E-state index contributed by atoms with van der Waals surface area (Å²) in [4.78, 5) is 16.2. The van der Waals surface area contributed by atoms with Crippen LogP contribution in [-0.2, 0) is 4.79 Å². The van der Waals surface area contributed by atoms with Crippen LogP contribution >= 0.6 is 22.9 Å². The van der Waals surface area contributed by atoms with Crippen molar-refractivity contribution in [1.82, 2.24) is 14.8 Å². The number of carbonyl (C=O) groups is 1. The van der Waals surface area contributed by atoms with E-state index in [1.165, 1.54) is 0 Å². The predicted molar refractivity (Wildman–Crippen MR) is 138 cm³/mol. The average Bonchev–Trinajstić information content (AvgIpc) is 3.46. The zero-order chi connectivity index (χ0) is 23.5. The van der Waals surface area contributed by atoms with Gasteiger partial charge in [0.15, 0.2) is 0 Å². The molecule has 0 bridgehead atoms. The number of para-hydroxylation sites is 2. The smallest absolute Gasteiger partial charge is 0.303 e. The first kappa shape index (κ1) is 22.1. The minimum atomic E-state index is -0.845. The van der Waals surface area contributed by atoms with E-state index in [-0.39, 0.29) is 6.42 Å². The minimum absolute atomic E-state index is 0.0150. The van der Waals surface area contributed by atoms with Gasteiger partial charge in [0, 0.05) is 28.8 Å². The van der Waals surface area contributed by atoms with E-state index in [2.05, 4.69) is 0 Å². The summed E-state index contributed by atoms with van der Waals surface area (Å²) >= 11 is 7.84. The molecule has 34 heavy (non-hydrogen) atoms. The fourth-order valence-electron chi connectivity index (χ4n) is 3.75. The third-order valence-corrected chi connectivity index (χ3v) is 6.71. The van der Waals surface area contributed by atoms with Crippen LogP contribution in [-0.4, -0.2) is 25.8 Å². The molecule has 0 radical (unpaired) electrons. The molecule has 0 unspecified atom stereocenters. The maximum atomic E-state index is 11.4. The molecule has 5 aromatic rings. The normalized spacial score (nSPS) is 11.7. The highest BCUT2D eigenvalue weighted by Gasteiger charge is 2.16. The van der Waals surface area contributed by atoms with Crippen molar-refractivity contribution < 1.29 is 9.90 Å². The molecule has 168 valence electrons. The van der Waals surface area contributed by atoms with Gasteiger partial charge >= 0.3 is 5.97 Å². The molecule has 0 atom stereocenters. The van der Waals surface area contributed by atoms with Gasteiger partial charge in [0.1, 0.15) is 10.7 Å². The quantitative estimate of drug-likeness (QED) is 0.264.